The molecule has 10 aromatic rings. The van der Waals surface area contributed by atoms with E-state index in [1.54, 1.807) is 0 Å². The first kappa shape index (κ1) is 29.1. The Morgan fingerprint density at radius 2 is 0.827 bits per heavy atom. The second kappa shape index (κ2) is 11.2. The maximum atomic E-state index is 6.72. The van der Waals surface area contributed by atoms with Gasteiger partial charge in [0.2, 0.25) is 0 Å². The van der Waals surface area contributed by atoms with Crippen LogP contribution in [0.2, 0.25) is 0 Å². The first-order valence-electron chi connectivity index (χ1n) is 18.0. The van der Waals surface area contributed by atoms with Gasteiger partial charge in [0.05, 0.1) is 5.41 Å². The van der Waals surface area contributed by atoms with Crippen LogP contribution < -0.4 is 0 Å². The summed E-state index contributed by atoms with van der Waals surface area (Å²) >= 11 is 0. The number of fused-ring (bicyclic) bond motifs is 9. The van der Waals surface area contributed by atoms with Gasteiger partial charge in [0.15, 0.2) is 0 Å². The van der Waals surface area contributed by atoms with Crippen LogP contribution in [0.15, 0.2) is 199 Å². The molecule has 1 aliphatic rings. The maximum Gasteiger partial charge on any atom is 0.136 e. The van der Waals surface area contributed by atoms with Crippen LogP contribution in [0.3, 0.4) is 0 Å². The van der Waals surface area contributed by atoms with E-state index in [2.05, 4.69) is 194 Å². The molecule has 1 heterocycles. The molecule has 1 aromatic heterocycles. The van der Waals surface area contributed by atoms with Crippen molar-refractivity contribution in [1.82, 2.24) is 0 Å². The first-order valence-corrected chi connectivity index (χ1v) is 18.0. The minimum atomic E-state index is -0.469. The molecular weight excluding hydrogens is 629 g/mol. The Balaban J connectivity index is 1.24. The summed E-state index contributed by atoms with van der Waals surface area (Å²) in [5.74, 6) is 0. The lowest BCUT2D eigenvalue weighted by molar-refractivity contribution is 0.668. The number of hydrogen-bond acceptors (Lipinski definition) is 1. The van der Waals surface area contributed by atoms with Crippen LogP contribution >= 0.6 is 0 Å². The lowest BCUT2D eigenvalue weighted by atomic mass is 9.67. The fourth-order valence-electron chi connectivity index (χ4n) is 9.31. The second-order valence-corrected chi connectivity index (χ2v) is 13.9. The fraction of sp³-hybridized carbons (Fsp3) is 0.0196. The molecule has 0 saturated heterocycles. The summed E-state index contributed by atoms with van der Waals surface area (Å²) in [5.41, 5.74) is 13.9. The Hall–Kier alpha value is -6.70. The van der Waals surface area contributed by atoms with E-state index in [4.69, 9.17) is 4.42 Å². The Kier molecular flexibility index (Phi) is 6.23. The summed E-state index contributed by atoms with van der Waals surface area (Å²) in [5, 5.41) is 7.31. The molecule has 0 saturated carbocycles. The molecule has 0 radical (unpaired) electrons. The zero-order valence-electron chi connectivity index (χ0n) is 28.4. The number of hydrogen-bond donors (Lipinski definition) is 0. The number of furan rings is 1. The van der Waals surface area contributed by atoms with Gasteiger partial charge in [-0.25, -0.2) is 0 Å². The van der Waals surface area contributed by atoms with Crippen molar-refractivity contribution < 1.29 is 4.42 Å². The number of rotatable bonds is 4. The molecule has 0 spiro atoms. The molecule has 11 rings (SSSR count). The van der Waals surface area contributed by atoms with Crippen LogP contribution in [0.25, 0.3) is 76.9 Å². The average Bonchev–Trinajstić information content (AvgIpc) is 3.74. The zero-order valence-corrected chi connectivity index (χ0v) is 28.4. The Morgan fingerprint density at radius 3 is 1.44 bits per heavy atom. The molecule has 0 unspecified atom stereocenters. The maximum absolute atomic E-state index is 6.72. The van der Waals surface area contributed by atoms with Gasteiger partial charge in [0, 0.05) is 10.8 Å². The molecule has 0 fully saturated rings. The van der Waals surface area contributed by atoms with Crippen LogP contribution in [0.5, 0.6) is 0 Å². The van der Waals surface area contributed by atoms with Gasteiger partial charge >= 0.3 is 0 Å². The van der Waals surface area contributed by atoms with Gasteiger partial charge in [0.1, 0.15) is 11.2 Å². The lowest BCUT2D eigenvalue weighted by Gasteiger charge is -2.33. The van der Waals surface area contributed by atoms with Crippen molar-refractivity contribution in [3.63, 3.8) is 0 Å². The van der Waals surface area contributed by atoms with E-state index < -0.39 is 5.41 Å². The van der Waals surface area contributed by atoms with Gasteiger partial charge in [-0.2, -0.15) is 0 Å². The molecule has 0 atom stereocenters. The van der Waals surface area contributed by atoms with E-state index in [1.807, 2.05) is 0 Å². The summed E-state index contributed by atoms with van der Waals surface area (Å²) in [6.45, 7) is 0. The topological polar surface area (TPSA) is 13.1 Å². The van der Waals surface area contributed by atoms with Crippen molar-refractivity contribution in [3.8, 4) is 33.4 Å². The normalized spacial score (nSPS) is 13.2. The highest BCUT2D eigenvalue weighted by Gasteiger charge is 2.47. The third-order valence-electron chi connectivity index (χ3n) is 11.3. The predicted octanol–water partition coefficient (Wildman–Crippen LogP) is 13.6. The van der Waals surface area contributed by atoms with Gasteiger partial charge in [-0.3, -0.25) is 0 Å². The van der Waals surface area contributed by atoms with Crippen LogP contribution in [0.4, 0.5) is 0 Å². The molecule has 0 N–H and O–H groups in total. The summed E-state index contributed by atoms with van der Waals surface area (Å²) in [7, 11) is 0. The van der Waals surface area contributed by atoms with E-state index in [0.29, 0.717) is 0 Å². The lowest BCUT2D eigenvalue weighted by Crippen LogP contribution is -2.28. The minimum absolute atomic E-state index is 0.469. The Labute approximate surface area is 302 Å². The van der Waals surface area contributed by atoms with Crippen LogP contribution in [0.1, 0.15) is 22.3 Å². The summed E-state index contributed by atoms with van der Waals surface area (Å²) in [6.07, 6.45) is 0. The van der Waals surface area contributed by atoms with E-state index in [-0.39, 0.29) is 0 Å². The van der Waals surface area contributed by atoms with E-state index >= 15 is 0 Å². The molecule has 242 valence electrons. The van der Waals surface area contributed by atoms with Crippen LogP contribution in [-0.4, -0.2) is 0 Å². The van der Waals surface area contributed by atoms with Crippen LogP contribution in [-0.2, 0) is 5.41 Å². The van der Waals surface area contributed by atoms with Crippen LogP contribution in [0, 0.1) is 0 Å². The molecule has 0 aliphatic heterocycles. The molecule has 1 nitrogen and oxygen atoms in total. The Bertz CT molecular complexity index is 2890. The highest BCUT2D eigenvalue weighted by Crippen LogP contribution is 2.59. The van der Waals surface area contributed by atoms with Crippen molar-refractivity contribution in [2.24, 2.45) is 0 Å². The van der Waals surface area contributed by atoms with Gasteiger partial charge in [-0.15, -0.1) is 0 Å². The monoisotopic (exact) mass is 660 g/mol. The molecule has 0 bridgehead atoms. The Morgan fingerprint density at radius 1 is 0.327 bits per heavy atom. The third kappa shape index (κ3) is 3.94. The van der Waals surface area contributed by atoms with E-state index in [1.165, 1.54) is 82.6 Å². The van der Waals surface area contributed by atoms with Crippen molar-refractivity contribution in [3.05, 3.63) is 216 Å². The number of benzene rings is 9. The van der Waals surface area contributed by atoms with E-state index in [0.717, 1.165) is 16.6 Å². The SMILES string of the molecule is c1ccc(-c2c3ccccc3c(-c3ccc4oc5ccc6c(c5c4c3)-c3ccccc3C6(c3ccccc3)c3ccccc3)c3ccccc23)cc1. The molecule has 52 heavy (non-hydrogen) atoms. The van der Waals surface area contributed by atoms with Gasteiger partial charge < -0.3 is 4.42 Å². The zero-order chi connectivity index (χ0) is 34.2. The standard InChI is InChI=1S/C51H32O/c1-4-16-33(17-5-1)47-37-22-10-12-24-39(37)48(40-25-13-11-23-38(40)47)34-28-30-45-42(32-34)50-46(52-45)31-29-44-49(50)41-26-14-15-27-43(41)51(44,35-18-6-2-7-19-35)36-20-8-3-9-21-36/h1-32H. The van der Waals surface area contributed by atoms with Gasteiger partial charge in [-0.1, -0.05) is 176 Å². The highest BCUT2D eigenvalue weighted by molar-refractivity contribution is 6.23. The van der Waals surface area contributed by atoms with Crippen molar-refractivity contribution in [1.29, 1.82) is 0 Å². The average molecular weight is 661 g/mol. The quantitative estimate of drug-likeness (QED) is 0.171. The largest absolute Gasteiger partial charge is 0.456 e. The smallest absolute Gasteiger partial charge is 0.136 e. The van der Waals surface area contributed by atoms with Gasteiger partial charge in [-0.05, 0) is 95.4 Å². The first-order chi connectivity index (χ1) is 25.8. The van der Waals surface area contributed by atoms with Crippen molar-refractivity contribution in [2.75, 3.05) is 0 Å². The van der Waals surface area contributed by atoms with Gasteiger partial charge in [0.25, 0.3) is 0 Å². The molecule has 0 amide bonds. The van der Waals surface area contributed by atoms with E-state index in [9.17, 15) is 0 Å². The summed E-state index contributed by atoms with van der Waals surface area (Å²) in [6, 6.07) is 70.8. The second-order valence-electron chi connectivity index (χ2n) is 13.9. The van der Waals surface area contributed by atoms with Crippen molar-refractivity contribution >= 4 is 43.5 Å². The summed E-state index contributed by atoms with van der Waals surface area (Å²) < 4.78 is 6.72. The summed E-state index contributed by atoms with van der Waals surface area (Å²) in [4.78, 5) is 0. The molecular formula is C51H32O. The predicted molar refractivity (Wildman–Crippen MR) is 217 cm³/mol. The molecule has 1 heteroatoms. The third-order valence-corrected chi connectivity index (χ3v) is 11.3. The molecule has 9 aromatic carbocycles. The fourth-order valence-corrected chi connectivity index (χ4v) is 9.31. The minimum Gasteiger partial charge on any atom is -0.456 e. The highest BCUT2D eigenvalue weighted by atomic mass is 16.3. The molecule has 1 aliphatic carbocycles. The van der Waals surface area contributed by atoms with Crippen molar-refractivity contribution in [2.45, 2.75) is 5.41 Å².